The van der Waals surface area contributed by atoms with E-state index < -0.39 is 5.82 Å². The number of rotatable bonds is 3. The van der Waals surface area contributed by atoms with Crippen molar-refractivity contribution in [3.63, 3.8) is 0 Å². The Hall–Kier alpha value is -2.25. The van der Waals surface area contributed by atoms with Crippen LogP contribution in [0.5, 0.6) is 0 Å². The maximum atomic E-state index is 13.2. The molecule has 1 saturated heterocycles. The monoisotopic (exact) mass is 363 g/mol. The third-order valence-electron chi connectivity index (χ3n) is 3.86. The van der Waals surface area contributed by atoms with Crippen LogP contribution in [0.2, 0.25) is 5.02 Å². The number of aromatic nitrogens is 2. The minimum atomic E-state index is -0.440. The molecule has 0 spiro atoms. The van der Waals surface area contributed by atoms with E-state index in [1.54, 1.807) is 0 Å². The Morgan fingerprint density at radius 2 is 2.25 bits per heavy atom. The van der Waals surface area contributed by atoms with Crippen molar-refractivity contribution in [3.05, 3.63) is 52.4 Å². The molecule has 3 heterocycles. The van der Waals surface area contributed by atoms with Gasteiger partial charge >= 0.3 is 0 Å². The largest absolute Gasteiger partial charge is 0.339 e. The highest BCUT2D eigenvalue weighted by atomic mass is 35.5. The van der Waals surface area contributed by atoms with Crippen LogP contribution in [0.25, 0.3) is 10.7 Å². The summed E-state index contributed by atoms with van der Waals surface area (Å²) in [5.41, 5.74) is 0.489. The molecule has 5 nitrogen and oxygen atoms in total. The Kier molecular flexibility index (Phi) is 3.82. The molecule has 0 saturated carbocycles. The maximum absolute atomic E-state index is 13.2. The van der Waals surface area contributed by atoms with Crippen LogP contribution in [0.15, 0.2) is 40.2 Å². The second-order valence-electron chi connectivity index (χ2n) is 5.43. The smallest absolute Gasteiger partial charge is 0.232 e. The van der Waals surface area contributed by atoms with E-state index >= 15 is 0 Å². The van der Waals surface area contributed by atoms with Crippen LogP contribution in [0.4, 0.5) is 10.1 Å². The predicted octanol–water partition coefficient (Wildman–Crippen LogP) is 4.11. The zero-order valence-corrected chi connectivity index (χ0v) is 13.9. The standard InChI is InChI=1S/C16H11ClFN3O2S/c17-11-7-10(18)3-4-12(11)21-8-9(6-14(21)22)16-19-15(20-23-16)13-2-1-5-24-13/h1-5,7,9H,6,8H2. The molecule has 1 atom stereocenters. The molecule has 1 unspecified atom stereocenters. The molecule has 0 radical (unpaired) electrons. The molecular formula is C16H11ClFN3O2S. The van der Waals surface area contributed by atoms with Gasteiger partial charge in [-0.1, -0.05) is 22.8 Å². The number of carbonyl (C=O) groups is 1. The molecule has 2 aromatic heterocycles. The van der Waals surface area contributed by atoms with E-state index in [1.165, 1.54) is 34.4 Å². The number of halogens is 2. The molecule has 1 aromatic carbocycles. The van der Waals surface area contributed by atoms with Crippen molar-refractivity contribution in [1.82, 2.24) is 10.1 Å². The molecule has 24 heavy (non-hydrogen) atoms. The second kappa shape index (κ2) is 5.99. The van der Waals surface area contributed by atoms with E-state index in [-0.39, 0.29) is 23.3 Å². The van der Waals surface area contributed by atoms with Gasteiger partial charge in [-0.2, -0.15) is 4.98 Å². The molecule has 0 N–H and O–H groups in total. The summed E-state index contributed by atoms with van der Waals surface area (Å²) in [6.45, 7) is 0.371. The lowest BCUT2D eigenvalue weighted by atomic mass is 10.1. The summed E-state index contributed by atoms with van der Waals surface area (Å²) in [7, 11) is 0. The first kappa shape index (κ1) is 15.3. The van der Waals surface area contributed by atoms with Crippen molar-refractivity contribution in [2.24, 2.45) is 0 Å². The van der Waals surface area contributed by atoms with Gasteiger partial charge in [-0.25, -0.2) is 4.39 Å². The van der Waals surface area contributed by atoms with Crippen LogP contribution in [-0.2, 0) is 4.79 Å². The first-order chi connectivity index (χ1) is 11.6. The van der Waals surface area contributed by atoms with Crippen molar-refractivity contribution >= 4 is 34.5 Å². The minimum absolute atomic E-state index is 0.107. The molecule has 8 heteroatoms. The van der Waals surface area contributed by atoms with Gasteiger partial charge in [-0.05, 0) is 29.6 Å². The van der Waals surface area contributed by atoms with E-state index in [2.05, 4.69) is 10.1 Å². The summed E-state index contributed by atoms with van der Waals surface area (Å²) in [5, 5.41) is 6.11. The van der Waals surface area contributed by atoms with Crippen molar-refractivity contribution in [2.45, 2.75) is 12.3 Å². The number of anilines is 1. The number of hydrogen-bond donors (Lipinski definition) is 0. The third kappa shape index (κ3) is 2.70. The highest BCUT2D eigenvalue weighted by Gasteiger charge is 2.36. The van der Waals surface area contributed by atoms with E-state index in [9.17, 15) is 9.18 Å². The molecule has 3 aromatic rings. The fraction of sp³-hybridized carbons (Fsp3) is 0.188. The van der Waals surface area contributed by atoms with Crippen molar-refractivity contribution in [1.29, 1.82) is 0 Å². The van der Waals surface area contributed by atoms with Gasteiger partial charge in [0.25, 0.3) is 0 Å². The normalized spacial score (nSPS) is 17.7. The summed E-state index contributed by atoms with van der Waals surface area (Å²) < 4.78 is 18.5. The molecule has 1 aliphatic heterocycles. The highest BCUT2D eigenvalue weighted by Crippen LogP contribution is 2.35. The van der Waals surface area contributed by atoms with Crippen LogP contribution in [0, 0.1) is 5.82 Å². The number of hydrogen-bond acceptors (Lipinski definition) is 5. The topological polar surface area (TPSA) is 59.2 Å². The Bertz CT molecular complexity index is 897. The summed E-state index contributed by atoms with van der Waals surface area (Å²) in [6.07, 6.45) is 0.250. The first-order valence-electron chi connectivity index (χ1n) is 7.24. The Morgan fingerprint density at radius 1 is 1.38 bits per heavy atom. The van der Waals surface area contributed by atoms with Crippen molar-refractivity contribution < 1.29 is 13.7 Å². The van der Waals surface area contributed by atoms with Gasteiger partial charge in [0, 0.05) is 13.0 Å². The fourth-order valence-corrected chi connectivity index (χ4v) is 3.63. The lowest BCUT2D eigenvalue weighted by Gasteiger charge is -2.17. The van der Waals surface area contributed by atoms with E-state index in [4.69, 9.17) is 16.1 Å². The van der Waals surface area contributed by atoms with Gasteiger partial charge < -0.3 is 9.42 Å². The Labute approximate surface area is 145 Å². The lowest BCUT2D eigenvalue weighted by molar-refractivity contribution is -0.117. The van der Waals surface area contributed by atoms with E-state index in [1.807, 2.05) is 17.5 Å². The first-order valence-corrected chi connectivity index (χ1v) is 8.50. The highest BCUT2D eigenvalue weighted by molar-refractivity contribution is 7.13. The summed E-state index contributed by atoms with van der Waals surface area (Å²) >= 11 is 7.57. The maximum Gasteiger partial charge on any atom is 0.232 e. The Morgan fingerprint density at radius 3 is 3.00 bits per heavy atom. The molecule has 0 bridgehead atoms. The zero-order valence-electron chi connectivity index (χ0n) is 12.3. The quantitative estimate of drug-likeness (QED) is 0.702. The van der Waals surface area contributed by atoms with Gasteiger partial charge in [-0.15, -0.1) is 11.3 Å². The molecule has 122 valence electrons. The molecule has 1 fully saturated rings. The van der Waals surface area contributed by atoms with Gasteiger partial charge in [0.15, 0.2) is 0 Å². The summed E-state index contributed by atoms with van der Waals surface area (Å²) in [5.74, 6) is 0.187. The molecule has 0 aliphatic carbocycles. The predicted molar refractivity (Wildman–Crippen MR) is 88.7 cm³/mol. The average Bonchev–Trinajstić information content (AvgIpc) is 3.27. The van der Waals surface area contributed by atoms with Crippen LogP contribution in [0.3, 0.4) is 0 Å². The van der Waals surface area contributed by atoms with Crippen molar-refractivity contribution in [3.8, 4) is 10.7 Å². The second-order valence-corrected chi connectivity index (χ2v) is 6.79. The zero-order chi connectivity index (χ0) is 16.7. The van der Waals surface area contributed by atoms with Crippen LogP contribution in [-0.4, -0.2) is 22.6 Å². The number of nitrogens with zero attached hydrogens (tertiary/aromatic N) is 3. The van der Waals surface area contributed by atoms with Crippen molar-refractivity contribution in [2.75, 3.05) is 11.4 Å². The van der Waals surface area contributed by atoms with Crippen LogP contribution in [0.1, 0.15) is 18.2 Å². The molecule has 1 amide bonds. The SMILES string of the molecule is O=C1CC(c2nc(-c3cccs3)no2)CN1c1ccc(F)cc1Cl. The van der Waals surface area contributed by atoms with Gasteiger partial charge in [0.1, 0.15) is 5.82 Å². The van der Waals surface area contributed by atoms with E-state index in [0.717, 1.165) is 4.88 Å². The molecule has 4 rings (SSSR count). The number of thiophene rings is 1. The molecule has 1 aliphatic rings. The summed E-state index contributed by atoms with van der Waals surface area (Å²) in [4.78, 5) is 19.2. The average molecular weight is 364 g/mol. The van der Waals surface area contributed by atoms with Crippen LogP contribution < -0.4 is 4.90 Å². The third-order valence-corrected chi connectivity index (χ3v) is 5.03. The van der Waals surface area contributed by atoms with Gasteiger partial charge in [0.2, 0.25) is 17.6 Å². The van der Waals surface area contributed by atoms with E-state index in [0.29, 0.717) is 23.9 Å². The van der Waals surface area contributed by atoms with Gasteiger partial charge in [0.05, 0.1) is 21.5 Å². The minimum Gasteiger partial charge on any atom is -0.339 e. The summed E-state index contributed by atoms with van der Waals surface area (Å²) in [6, 6.07) is 7.79. The van der Waals surface area contributed by atoms with Crippen LogP contribution >= 0.6 is 22.9 Å². The van der Waals surface area contributed by atoms with Gasteiger partial charge in [-0.3, -0.25) is 4.79 Å². The lowest BCUT2D eigenvalue weighted by Crippen LogP contribution is -2.24. The fourth-order valence-electron chi connectivity index (χ4n) is 2.71. The number of amides is 1. The number of carbonyl (C=O) groups excluding carboxylic acids is 1. The molecular weight excluding hydrogens is 353 g/mol. The number of benzene rings is 1. The Balaban J connectivity index is 1.58.